The fraction of sp³-hybridized carbons (Fsp3) is 0.944. The van der Waals surface area contributed by atoms with Gasteiger partial charge >= 0.3 is 0 Å². The van der Waals surface area contributed by atoms with Crippen molar-refractivity contribution in [1.29, 1.82) is 0 Å². The Morgan fingerprint density at radius 2 is 1.68 bits per heavy atom. The highest BCUT2D eigenvalue weighted by atomic mass is 16.2. The van der Waals surface area contributed by atoms with Gasteiger partial charge in [-0.1, -0.05) is 20.3 Å². The third-order valence-corrected chi connectivity index (χ3v) is 5.09. The van der Waals surface area contributed by atoms with Gasteiger partial charge in [0.15, 0.2) is 0 Å². The molecule has 4 nitrogen and oxygen atoms in total. The predicted octanol–water partition coefficient (Wildman–Crippen LogP) is 2.59. The van der Waals surface area contributed by atoms with Crippen LogP contribution in [0.15, 0.2) is 0 Å². The highest BCUT2D eigenvalue weighted by Gasteiger charge is 2.29. The first-order valence-corrected chi connectivity index (χ1v) is 9.48. The van der Waals surface area contributed by atoms with Crippen molar-refractivity contribution in [2.75, 3.05) is 45.8 Å². The fourth-order valence-electron chi connectivity index (χ4n) is 3.92. The van der Waals surface area contributed by atoms with Crippen LogP contribution in [-0.4, -0.2) is 72.5 Å². The summed E-state index contributed by atoms with van der Waals surface area (Å²) in [5.74, 6) is 0.342. The molecule has 0 aromatic carbocycles. The third-order valence-electron chi connectivity index (χ3n) is 5.09. The molecule has 1 unspecified atom stereocenters. The van der Waals surface area contributed by atoms with Crippen LogP contribution in [0.5, 0.6) is 0 Å². The Kier molecular flexibility index (Phi) is 7.67. The minimum Gasteiger partial charge on any atom is -0.342 e. The van der Waals surface area contributed by atoms with Crippen LogP contribution in [-0.2, 0) is 4.79 Å². The minimum atomic E-state index is 0.342. The summed E-state index contributed by atoms with van der Waals surface area (Å²) in [6.45, 7) is 11.6. The van der Waals surface area contributed by atoms with Gasteiger partial charge < -0.3 is 9.80 Å². The van der Waals surface area contributed by atoms with Crippen molar-refractivity contribution in [3.63, 3.8) is 0 Å². The van der Waals surface area contributed by atoms with Gasteiger partial charge in [0.1, 0.15) is 0 Å². The lowest BCUT2D eigenvalue weighted by molar-refractivity contribution is -0.132. The molecule has 0 saturated carbocycles. The zero-order valence-electron chi connectivity index (χ0n) is 14.7. The van der Waals surface area contributed by atoms with Crippen molar-refractivity contribution in [3.05, 3.63) is 0 Å². The maximum atomic E-state index is 12.6. The molecule has 0 aliphatic carbocycles. The van der Waals surface area contributed by atoms with Gasteiger partial charge in [-0.2, -0.15) is 0 Å². The van der Waals surface area contributed by atoms with Crippen molar-refractivity contribution in [2.45, 2.75) is 64.8 Å². The second-order valence-corrected chi connectivity index (χ2v) is 7.01. The topological polar surface area (TPSA) is 26.8 Å². The molecule has 4 heteroatoms. The molecule has 2 heterocycles. The number of carbonyl (C=O) groups excluding carboxylic acids is 1. The number of rotatable bonds is 8. The normalized spacial score (nSPS) is 23.8. The summed E-state index contributed by atoms with van der Waals surface area (Å²) in [5.41, 5.74) is 0. The third kappa shape index (κ3) is 5.24. The molecule has 0 aromatic rings. The molecule has 0 N–H and O–H groups in total. The van der Waals surface area contributed by atoms with Crippen LogP contribution >= 0.6 is 0 Å². The largest absolute Gasteiger partial charge is 0.342 e. The number of likely N-dealkylation sites (tertiary alicyclic amines) is 2. The second kappa shape index (κ2) is 9.51. The Labute approximate surface area is 136 Å². The van der Waals surface area contributed by atoms with Crippen molar-refractivity contribution >= 4 is 5.91 Å². The van der Waals surface area contributed by atoms with E-state index in [1.165, 1.54) is 51.7 Å². The van der Waals surface area contributed by atoms with E-state index < -0.39 is 0 Å². The van der Waals surface area contributed by atoms with E-state index in [0.717, 1.165) is 32.5 Å². The van der Waals surface area contributed by atoms with E-state index in [1.54, 1.807) is 0 Å². The molecule has 0 radical (unpaired) electrons. The molecule has 0 bridgehead atoms. The van der Waals surface area contributed by atoms with Crippen molar-refractivity contribution in [2.24, 2.45) is 0 Å². The van der Waals surface area contributed by atoms with Crippen LogP contribution in [0.25, 0.3) is 0 Å². The lowest BCUT2D eigenvalue weighted by Crippen LogP contribution is -2.47. The Morgan fingerprint density at radius 1 is 1.00 bits per heavy atom. The van der Waals surface area contributed by atoms with Gasteiger partial charge in [-0.25, -0.2) is 0 Å². The van der Waals surface area contributed by atoms with Crippen molar-refractivity contribution in [1.82, 2.24) is 14.7 Å². The van der Waals surface area contributed by atoms with Crippen LogP contribution in [0, 0.1) is 0 Å². The zero-order valence-corrected chi connectivity index (χ0v) is 14.7. The maximum absolute atomic E-state index is 12.6. The molecule has 2 aliphatic heterocycles. The maximum Gasteiger partial charge on any atom is 0.236 e. The predicted molar refractivity (Wildman–Crippen MR) is 92.0 cm³/mol. The van der Waals surface area contributed by atoms with E-state index in [1.807, 2.05) is 0 Å². The average Bonchev–Trinajstić information content (AvgIpc) is 2.95. The number of nitrogens with zero attached hydrogens (tertiary/aromatic N) is 3. The van der Waals surface area contributed by atoms with Gasteiger partial charge in [0, 0.05) is 25.7 Å². The first-order chi connectivity index (χ1) is 10.7. The summed E-state index contributed by atoms with van der Waals surface area (Å²) in [7, 11) is 0. The molecule has 2 saturated heterocycles. The molecule has 0 spiro atoms. The van der Waals surface area contributed by atoms with Crippen LogP contribution in [0.2, 0.25) is 0 Å². The van der Waals surface area contributed by atoms with Crippen LogP contribution in [0.4, 0.5) is 0 Å². The molecule has 1 atom stereocenters. The van der Waals surface area contributed by atoms with E-state index in [4.69, 9.17) is 0 Å². The first kappa shape index (κ1) is 17.7. The van der Waals surface area contributed by atoms with E-state index in [0.29, 0.717) is 18.5 Å². The smallest absolute Gasteiger partial charge is 0.236 e. The van der Waals surface area contributed by atoms with Gasteiger partial charge in [0.2, 0.25) is 5.91 Å². The van der Waals surface area contributed by atoms with Crippen LogP contribution in [0.3, 0.4) is 0 Å². The monoisotopic (exact) mass is 309 g/mol. The van der Waals surface area contributed by atoms with E-state index in [9.17, 15) is 4.79 Å². The standard InChI is InChI=1S/C18H35N3O/c1-3-10-20(11-4-2)18(22)16-21-14-8-9-17(21)15-19-12-6-5-7-13-19/h17H,3-16H2,1-2H3. The number of carbonyl (C=O) groups is 1. The Hall–Kier alpha value is -0.610. The summed E-state index contributed by atoms with van der Waals surface area (Å²) in [5, 5.41) is 0. The summed E-state index contributed by atoms with van der Waals surface area (Å²) in [4.78, 5) is 19.7. The van der Waals surface area contributed by atoms with Gasteiger partial charge in [-0.15, -0.1) is 0 Å². The summed E-state index contributed by atoms with van der Waals surface area (Å²) < 4.78 is 0. The molecule has 2 fully saturated rings. The summed E-state index contributed by atoms with van der Waals surface area (Å²) >= 11 is 0. The van der Waals surface area contributed by atoms with E-state index >= 15 is 0 Å². The molecule has 128 valence electrons. The highest BCUT2D eigenvalue weighted by molar-refractivity contribution is 5.78. The van der Waals surface area contributed by atoms with Gasteiger partial charge in [-0.3, -0.25) is 9.69 Å². The van der Waals surface area contributed by atoms with Crippen molar-refractivity contribution < 1.29 is 4.79 Å². The summed E-state index contributed by atoms with van der Waals surface area (Å²) in [6.07, 6.45) is 8.75. The number of hydrogen-bond donors (Lipinski definition) is 0. The fourth-order valence-corrected chi connectivity index (χ4v) is 3.92. The first-order valence-electron chi connectivity index (χ1n) is 9.48. The minimum absolute atomic E-state index is 0.342. The molecular formula is C18H35N3O. The second-order valence-electron chi connectivity index (χ2n) is 7.01. The molecule has 2 aliphatic rings. The van der Waals surface area contributed by atoms with Crippen LogP contribution < -0.4 is 0 Å². The Balaban J connectivity index is 1.82. The zero-order chi connectivity index (χ0) is 15.8. The lowest BCUT2D eigenvalue weighted by atomic mass is 10.1. The Bertz CT molecular complexity index is 322. The quantitative estimate of drug-likeness (QED) is 0.689. The summed E-state index contributed by atoms with van der Waals surface area (Å²) in [6, 6.07) is 0.604. The Morgan fingerprint density at radius 3 is 2.32 bits per heavy atom. The molecule has 0 aromatic heterocycles. The molecule has 2 rings (SSSR count). The van der Waals surface area contributed by atoms with Gasteiger partial charge in [0.05, 0.1) is 6.54 Å². The molecular weight excluding hydrogens is 274 g/mol. The highest BCUT2D eigenvalue weighted by Crippen LogP contribution is 2.20. The number of hydrogen-bond acceptors (Lipinski definition) is 3. The van der Waals surface area contributed by atoms with Gasteiger partial charge in [-0.05, 0) is 58.2 Å². The lowest BCUT2D eigenvalue weighted by Gasteiger charge is -2.33. The van der Waals surface area contributed by atoms with E-state index in [-0.39, 0.29) is 0 Å². The average molecular weight is 309 g/mol. The SMILES string of the molecule is CCCN(CCC)C(=O)CN1CCCC1CN1CCCCC1. The molecule has 22 heavy (non-hydrogen) atoms. The van der Waals surface area contributed by atoms with Crippen LogP contribution in [0.1, 0.15) is 58.8 Å². The van der Waals surface area contributed by atoms with Crippen molar-refractivity contribution in [3.8, 4) is 0 Å². The number of piperidine rings is 1. The van der Waals surface area contributed by atoms with Gasteiger partial charge in [0.25, 0.3) is 0 Å². The number of amides is 1. The molecule has 1 amide bonds. The van der Waals surface area contributed by atoms with E-state index in [2.05, 4.69) is 28.5 Å².